The molecular weight excluding hydrogens is 382 g/mol. The van der Waals surface area contributed by atoms with Gasteiger partial charge in [0, 0.05) is 6.42 Å². The Morgan fingerprint density at radius 3 is 2.79 bits per heavy atom. The number of cyclic esters (lactones) is 1. The van der Waals surface area contributed by atoms with E-state index in [2.05, 4.69) is 5.32 Å². The quantitative estimate of drug-likeness (QED) is 0.589. The van der Waals surface area contributed by atoms with Crippen LogP contribution < -0.4 is 5.32 Å². The molecule has 0 bridgehead atoms. The molecular formula is C19H17F4NO4. The highest BCUT2D eigenvalue weighted by atomic mass is 19.3. The smallest absolute Gasteiger partial charge is 0.337 e. The first-order valence-corrected chi connectivity index (χ1v) is 8.49. The normalized spacial score (nSPS) is 18.9. The van der Waals surface area contributed by atoms with Crippen molar-refractivity contribution < 1.29 is 36.6 Å². The van der Waals surface area contributed by atoms with Crippen LogP contribution in [0.3, 0.4) is 0 Å². The Hall–Kier alpha value is -2.84. The molecule has 1 aromatic carbocycles. The molecule has 28 heavy (non-hydrogen) atoms. The number of alkyl halides is 3. The van der Waals surface area contributed by atoms with Crippen molar-refractivity contribution >= 4 is 11.9 Å². The Balaban J connectivity index is 2.21. The average Bonchev–Trinajstić information content (AvgIpc) is 3.05. The SMILES string of the molecule is COC(=O)C1=C(CF)NC2=C(C(=O)OC2)[C@H]1c1cccc(F)c1CCC(F)F. The van der Waals surface area contributed by atoms with E-state index in [1.54, 1.807) is 0 Å². The first-order valence-electron chi connectivity index (χ1n) is 8.49. The van der Waals surface area contributed by atoms with E-state index >= 15 is 0 Å². The standard InChI is InChI=1S/C19H17F4NO4/c1-27-18(25)16-12(7-20)24-13-8-28-19(26)17(13)15(16)10-3-2-4-11(21)9(10)5-6-14(22)23/h2-4,14-15,24H,5-8H2,1H3/t15-/m0/s1. The van der Waals surface area contributed by atoms with E-state index in [-0.39, 0.29) is 46.7 Å². The zero-order chi connectivity index (χ0) is 20.4. The summed E-state index contributed by atoms with van der Waals surface area (Å²) in [5.74, 6) is -3.61. The molecule has 0 saturated heterocycles. The second-order valence-electron chi connectivity index (χ2n) is 6.28. The molecule has 0 fully saturated rings. The van der Waals surface area contributed by atoms with E-state index in [4.69, 9.17) is 9.47 Å². The van der Waals surface area contributed by atoms with Gasteiger partial charge in [-0.15, -0.1) is 0 Å². The molecule has 150 valence electrons. The Bertz CT molecular complexity index is 879. The third-order valence-corrected chi connectivity index (χ3v) is 4.71. The lowest BCUT2D eigenvalue weighted by atomic mass is 9.78. The van der Waals surface area contributed by atoms with E-state index in [9.17, 15) is 27.2 Å². The van der Waals surface area contributed by atoms with E-state index < -0.39 is 43.2 Å². The van der Waals surface area contributed by atoms with Crippen LogP contribution in [0.25, 0.3) is 0 Å². The van der Waals surface area contributed by atoms with Gasteiger partial charge in [-0.05, 0) is 23.6 Å². The van der Waals surface area contributed by atoms with Crippen molar-refractivity contribution in [2.75, 3.05) is 20.4 Å². The van der Waals surface area contributed by atoms with Gasteiger partial charge in [-0.3, -0.25) is 0 Å². The first-order chi connectivity index (χ1) is 13.4. The second kappa shape index (κ2) is 8.04. The number of dihydropyridines is 1. The minimum atomic E-state index is -2.66. The van der Waals surface area contributed by atoms with Crippen LogP contribution in [0.2, 0.25) is 0 Å². The van der Waals surface area contributed by atoms with Gasteiger partial charge in [0.25, 0.3) is 0 Å². The number of benzene rings is 1. The fourth-order valence-electron chi connectivity index (χ4n) is 3.51. The predicted molar refractivity (Wildman–Crippen MR) is 89.6 cm³/mol. The minimum absolute atomic E-state index is 0.0153. The maximum Gasteiger partial charge on any atom is 0.337 e. The summed E-state index contributed by atoms with van der Waals surface area (Å²) in [6.45, 7) is -1.24. The molecule has 2 aliphatic rings. The Morgan fingerprint density at radius 2 is 2.14 bits per heavy atom. The summed E-state index contributed by atoms with van der Waals surface area (Å²) in [4.78, 5) is 24.7. The van der Waals surface area contributed by atoms with Gasteiger partial charge < -0.3 is 14.8 Å². The molecule has 2 aliphatic heterocycles. The summed E-state index contributed by atoms with van der Waals surface area (Å²) in [6.07, 6.45) is -3.59. The molecule has 3 rings (SSSR count). The molecule has 9 heteroatoms. The average molecular weight is 399 g/mol. The summed E-state index contributed by atoms with van der Waals surface area (Å²) in [5.41, 5.74) is -0.0361. The van der Waals surface area contributed by atoms with Gasteiger partial charge in [0.15, 0.2) is 0 Å². The van der Waals surface area contributed by atoms with Crippen LogP contribution in [-0.2, 0) is 25.5 Å². The molecule has 1 N–H and O–H groups in total. The molecule has 0 spiro atoms. The van der Waals surface area contributed by atoms with Crippen molar-refractivity contribution in [1.82, 2.24) is 5.32 Å². The third kappa shape index (κ3) is 3.48. The first kappa shape index (κ1) is 19.9. The Morgan fingerprint density at radius 1 is 1.39 bits per heavy atom. The van der Waals surface area contributed by atoms with Gasteiger partial charge in [0.2, 0.25) is 6.43 Å². The number of ether oxygens (including phenoxy) is 2. The monoisotopic (exact) mass is 399 g/mol. The van der Waals surface area contributed by atoms with E-state index in [0.717, 1.165) is 13.2 Å². The number of rotatable bonds is 6. The maximum absolute atomic E-state index is 14.5. The zero-order valence-corrected chi connectivity index (χ0v) is 14.9. The number of nitrogens with one attached hydrogen (secondary N) is 1. The molecule has 0 saturated carbocycles. The van der Waals surface area contributed by atoms with Crippen molar-refractivity contribution in [2.24, 2.45) is 0 Å². The number of carbonyl (C=O) groups is 2. The summed E-state index contributed by atoms with van der Waals surface area (Å²) in [7, 11) is 1.09. The van der Waals surface area contributed by atoms with Crippen LogP contribution in [-0.4, -0.2) is 38.8 Å². The van der Waals surface area contributed by atoms with E-state index in [0.29, 0.717) is 0 Å². The van der Waals surface area contributed by atoms with Crippen LogP contribution in [0, 0.1) is 5.82 Å². The van der Waals surface area contributed by atoms with Crippen LogP contribution in [0.4, 0.5) is 17.6 Å². The second-order valence-corrected chi connectivity index (χ2v) is 6.28. The zero-order valence-electron chi connectivity index (χ0n) is 14.9. The highest BCUT2D eigenvalue weighted by Gasteiger charge is 2.43. The lowest BCUT2D eigenvalue weighted by Gasteiger charge is -2.29. The Kier molecular flexibility index (Phi) is 5.71. The summed E-state index contributed by atoms with van der Waals surface area (Å²) >= 11 is 0. The molecule has 5 nitrogen and oxygen atoms in total. The van der Waals surface area contributed by atoms with E-state index in [1.165, 1.54) is 12.1 Å². The molecule has 0 amide bonds. The summed E-state index contributed by atoms with van der Waals surface area (Å²) in [5, 5.41) is 2.67. The third-order valence-electron chi connectivity index (χ3n) is 4.71. The largest absolute Gasteiger partial charge is 0.466 e. The van der Waals surface area contributed by atoms with Gasteiger partial charge in [0.05, 0.1) is 35.6 Å². The highest BCUT2D eigenvalue weighted by molar-refractivity contribution is 6.01. The van der Waals surface area contributed by atoms with E-state index in [1.807, 2.05) is 0 Å². The van der Waals surface area contributed by atoms with Gasteiger partial charge in [-0.2, -0.15) is 0 Å². The van der Waals surface area contributed by atoms with Gasteiger partial charge in [0.1, 0.15) is 19.1 Å². The number of carbonyl (C=O) groups excluding carboxylic acids is 2. The Labute approximate surface area is 158 Å². The number of halogens is 4. The molecule has 0 unspecified atom stereocenters. The lowest BCUT2D eigenvalue weighted by molar-refractivity contribution is -0.136. The summed E-state index contributed by atoms with van der Waals surface area (Å²) < 4.78 is 63.3. The number of hydrogen-bond acceptors (Lipinski definition) is 5. The fourth-order valence-corrected chi connectivity index (χ4v) is 3.51. The van der Waals surface area contributed by atoms with Crippen molar-refractivity contribution in [1.29, 1.82) is 0 Å². The van der Waals surface area contributed by atoms with Crippen molar-refractivity contribution in [3.63, 3.8) is 0 Å². The van der Waals surface area contributed by atoms with Gasteiger partial charge >= 0.3 is 11.9 Å². The molecule has 0 aliphatic carbocycles. The fraction of sp³-hybridized carbons (Fsp3) is 0.368. The molecule has 1 atom stereocenters. The van der Waals surface area contributed by atoms with Gasteiger partial charge in [-0.25, -0.2) is 27.2 Å². The van der Waals surface area contributed by atoms with Gasteiger partial charge in [-0.1, -0.05) is 12.1 Å². The molecule has 0 aromatic heterocycles. The maximum atomic E-state index is 14.5. The predicted octanol–water partition coefficient (Wildman–Crippen LogP) is 2.92. The molecule has 1 aromatic rings. The van der Waals surface area contributed by atoms with Crippen molar-refractivity contribution in [3.05, 3.63) is 57.7 Å². The van der Waals surface area contributed by atoms with Crippen LogP contribution >= 0.6 is 0 Å². The van der Waals surface area contributed by atoms with Crippen LogP contribution in [0.5, 0.6) is 0 Å². The van der Waals surface area contributed by atoms with Crippen LogP contribution in [0.1, 0.15) is 23.5 Å². The number of esters is 2. The topological polar surface area (TPSA) is 64.6 Å². The molecule has 2 heterocycles. The lowest BCUT2D eigenvalue weighted by Crippen LogP contribution is -2.32. The van der Waals surface area contributed by atoms with Crippen molar-refractivity contribution in [2.45, 2.75) is 25.2 Å². The highest BCUT2D eigenvalue weighted by Crippen LogP contribution is 2.43. The number of hydrogen-bond donors (Lipinski definition) is 1. The number of allylic oxidation sites excluding steroid dienone is 1. The number of methoxy groups -OCH3 is 1. The summed E-state index contributed by atoms with van der Waals surface area (Å²) in [6, 6.07) is 3.86. The van der Waals surface area contributed by atoms with Crippen molar-refractivity contribution in [3.8, 4) is 0 Å². The van der Waals surface area contributed by atoms with Crippen LogP contribution in [0.15, 0.2) is 40.7 Å². The molecule has 0 radical (unpaired) electrons. The minimum Gasteiger partial charge on any atom is -0.466 e.